The molecule has 0 bridgehead atoms. The number of benzene rings is 1. The molecule has 5 N–H and O–H groups in total. The maximum Gasteiger partial charge on any atom is 0.314 e. The first-order valence-electron chi connectivity index (χ1n) is 6.30. The molecule has 0 saturated carbocycles. The van der Waals surface area contributed by atoms with Gasteiger partial charge in [0.1, 0.15) is 0 Å². The summed E-state index contributed by atoms with van der Waals surface area (Å²) in [6.45, 7) is 1.25. The van der Waals surface area contributed by atoms with E-state index in [2.05, 4.69) is 5.32 Å². The highest BCUT2D eigenvalue weighted by atomic mass is 32.2. The average Bonchev–Trinajstić information content (AvgIpc) is 2.39. The van der Waals surface area contributed by atoms with Crippen molar-refractivity contribution < 1.29 is 13.2 Å². The van der Waals surface area contributed by atoms with Gasteiger partial charge in [-0.1, -0.05) is 0 Å². The summed E-state index contributed by atoms with van der Waals surface area (Å²) in [6, 6.07) is 6.15. The van der Waals surface area contributed by atoms with Crippen LogP contribution in [-0.2, 0) is 10.0 Å². The number of hydrogen-bond donors (Lipinski definition) is 3. The van der Waals surface area contributed by atoms with E-state index in [1.807, 2.05) is 0 Å². The summed E-state index contributed by atoms with van der Waals surface area (Å²) in [5, 5.41) is 8.34. The number of carbonyl (C=O) groups excluding carboxylic acids is 1. The monoisotopic (exact) mass is 298 g/mol. The van der Waals surface area contributed by atoms with Gasteiger partial charge in [-0.3, -0.25) is 0 Å². The number of rotatable bonds is 3. The van der Waals surface area contributed by atoms with E-state index < -0.39 is 10.0 Å². The Bertz CT molecular complexity index is 577. The van der Waals surface area contributed by atoms with Crippen LogP contribution in [0.1, 0.15) is 12.8 Å². The molecule has 1 saturated heterocycles. The number of nitrogens with one attached hydrogen (secondary N) is 1. The Kier molecular flexibility index (Phi) is 4.15. The Morgan fingerprint density at radius 1 is 1.20 bits per heavy atom. The lowest BCUT2D eigenvalue weighted by Gasteiger charge is -2.31. The summed E-state index contributed by atoms with van der Waals surface area (Å²) in [4.78, 5) is 12.7. The molecule has 0 radical (unpaired) electrons. The third kappa shape index (κ3) is 3.61. The van der Waals surface area contributed by atoms with Crippen LogP contribution < -0.4 is 16.2 Å². The number of primary sulfonamides is 1. The summed E-state index contributed by atoms with van der Waals surface area (Å²) in [7, 11) is -3.66. The molecule has 8 heteroatoms. The maximum atomic E-state index is 11.1. The predicted octanol–water partition coefficient (Wildman–Crippen LogP) is 0.289. The van der Waals surface area contributed by atoms with Crippen LogP contribution in [0.2, 0.25) is 0 Å². The number of nitrogens with zero attached hydrogens (tertiary/aromatic N) is 1. The number of likely N-dealkylation sites (tertiary alicyclic amines) is 1. The molecule has 20 heavy (non-hydrogen) atoms. The molecule has 2 amide bonds. The summed E-state index contributed by atoms with van der Waals surface area (Å²) in [6.07, 6.45) is 1.61. The molecule has 0 aliphatic carbocycles. The largest absolute Gasteiger partial charge is 0.382 e. The molecule has 1 aliphatic heterocycles. The fraction of sp³-hybridized carbons (Fsp3) is 0.417. The van der Waals surface area contributed by atoms with Crippen LogP contribution in [0.15, 0.2) is 29.2 Å². The van der Waals surface area contributed by atoms with Gasteiger partial charge >= 0.3 is 6.03 Å². The van der Waals surface area contributed by atoms with Crippen molar-refractivity contribution in [2.24, 2.45) is 10.9 Å². The van der Waals surface area contributed by atoms with Crippen molar-refractivity contribution in [2.75, 3.05) is 18.4 Å². The Morgan fingerprint density at radius 2 is 1.75 bits per heavy atom. The van der Waals surface area contributed by atoms with E-state index in [0.717, 1.165) is 18.5 Å². The lowest BCUT2D eigenvalue weighted by molar-refractivity contribution is 0.193. The highest BCUT2D eigenvalue weighted by Gasteiger charge is 2.21. The summed E-state index contributed by atoms with van der Waals surface area (Å²) >= 11 is 0. The van der Waals surface area contributed by atoms with Gasteiger partial charge in [0.2, 0.25) is 10.0 Å². The molecule has 110 valence electrons. The SMILES string of the molecule is NC(=O)N1CCC(Nc2ccc(S(N)(=O)=O)cc2)CC1. The van der Waals surface area contributed by atoms with Gasteiger partial charge in [-0.2, -0.15) is 0 Å². The molecule has 1 aromatic rings. The molecule has 1 heterocycles. The molecular formula is C12H18N4O3S. The third-order valence-corrected chi connectivity index (χ3v) is 4.29. The van der Waals surface area contributed by atoms with Crippen molar-refractivity contribution in [1.29, 1.82) is 0 Å². The van der Waals surface area contributed by atoms with E-state index in [9.17, 15) is 13.2 Å². The van der Waals surface area contributed by atoms with Gasteiger partial charge in [0.15, 0.2) is 0 Å². The number of primary amides is 1. The Balaban J connectivity index is 1.93. The van der Waals surface area contributed by atoms with Gasteiger partial charge in [-0.25, -0.2) is 18.4 Å². The third-order valence-electron chi connectivity index (χ3n) is 3.36. The van der Waals surface area contributed by atoms with Crippen LogP contribution >= 0.6 is 0 Å². The second-order valence-corrected chi connectivity index (χ2v) is 6.37. The molecule has 0 aromatic heterocycles. The first kappa shape index (κ1) is 14.6. The zero-order valence-electron chi connectivity index (χ0n) is 11.0. The molecule has 7 nitrogen and oxygen atoms in total. The average molecular weight is 298 g/mol. The molecule has 1 fully saturated rings. The fourth-order valence-corrected chi connectivity index (χ4v) is 2.74. The Labute approximate surface area is 118 Å². The van der Waals surface area contributed by atoms with Gasteiger partial charge in [0.25, 0.3) is 0 Å². The van der Waals surface area contributed by atoms with Crippen LogP contribution in [0.3, 0.4) is 0 Å². The molecule has 0 atom stereocenters. The number of hydrogen-bond acceptors (Lipinski definition) is 4. The van der Waals surface area contributed by atoms with Gasteiger partial charge in [0.05, 0.1) is 4.90 Å². The number of amides is 2. The van der Waals surface area contributed by atoms with Crippen LogP contribution in [0.25, 0.3) is 0 Å². The highest BCUT2D eigenvalue weighted by molar-refractivity contribution is 7.89. The van der Waals surface area contributed by atoms with Crippen molar-refractivity contribution in [3.8, 4) is 0 Å². The molecule has 1 aliphatic rings. The van der Waals surface area contributed by atoms with Crippen LogP contribution in [0.5, 0.6) is 0 Å². The lowest BCUT2D eigenvalue weighted by atomic mass is 10.1. The topological polar surface area (TPSA) is 119 Å². The number of piperidine rings is 1. The van der Waals surface area contributed by atoms with Crippen molar-refractivity contribution in [2.45, 2.75) is 23.8 Å². The molecule has 0 spiro atoms. The van der Waals surface area contributed by atoms with Gasteiger partial charge in [-0.15, -0.1) is 0 Å². The number of carbonyl (C=O) groups is 1. The fourth-order valence-electron chi connectivity index (χ4n) is 2.22. The second kappa shape index (κ2) is 5.68. The maximum absolute atomic E-state index is 11.1. The summed E-state index contributed by atoms with van der Waals surface area (Å²) < 4.78 is 22.3. The zero-order valence-corrected chi connectivity index (χ0v) is 11.8. The van der Waals surface area contributed by atoms with Crippen LogP contribution in [-0.4, -0.2) is 38.5 Å². The minimum absolute atomic E-state index is 0.0894. The Morgan fingerprint density at radius 3 is 2.20 bits per heavy atom. The van der Waals surface area contributed by atoms with Crippen molar-refractivity contribution in [1.82, 2.24) is 4.90 Å². The quantitative estimate of drug-likeness (QED) is 0.743. The zero-order chi connectivity index (χ0) is 14.8. The predicted molar refractivity (Wildman–Crippen MR) is 75.6 cm³/mol. The first-order valence-corrected chi connectivity index (χ1v) is 7.84. The van der Waals surface area contributed by atoms with Gasteiger partial charge in [-0.05, 0) is 37.1 Å². The molecule has 1 aromatic carbocycles. The van der Waals surface area contributed by atoms with E-state index in [4.69, 9.17) is 10.9 Å². The normalized spacial score (nSPS) is 16.9. The van der Waals surface area contributed by atoms with Crippen LogP contribution in [0, 0.1) is 0 Å². The van der Waals surface area contributed by atoms with Crippen molar-refractivity contribution in [3.05, 3.63) is 24.3 Å². The molecular weight excluding hydrogens is 280 g/mol. The van der Waals surface area contributed by atoms with Crippen molar-refractivity contribution in [3.63, 3.8) is 0 Å². The van der Waals surface area contributed by atoms with Gasteiger partial charge < -0.3 is 16.0 Å². The number of nitrogens with two attached hydrogens (primary N) is 2. The molecule has 0 unspecified atom stereocenters. The Hall–Kier alpha value is -1.80. The van der Waals surface area contributed by atoms with E-state index in [1.54, 1.807) is 17.0 Å². The number of anilines is 1. The van der Waals surface area contributed by atoms with E-state index in [-0.39, 0.29) is 17.0 Å². The number of sulfonamides is 1. The first-order chi connectivity index (χ1) is 9.36. The second-order valence-electron chi connectivity index (χ2n) is 4.81. The molecule has 2 rings (SSSR count). The van der Waals surface area contributed by atoms with E-state index in [1.165, 1.54) is 12.1 Å². The van der Waals surface area contributed by atoms with Gasteiger partial charge in [0, 0.05) is 24.8 Å². The van der Waals surface area contributed by atoms with Crippen molar-refractivity contribution >= 4 is 21.7 Å². The number of urea groups is 1. The smallest absolute Gasteiger partial charge is 0.314 e. The summed E-state index contributed by atoms with van der Waals surface area (Å²) in [5.74, 6) is 0. The minimum Gasteiger partial charge on any atom is -0.382 e. The van der Waals surface area contributed by atoms with E-state index in [0.29, 0.717) is 13.1 Å². The van der Waals surface area contributed by atoms with Crippen LogP contribution in [0.4, 0.5) is 10.5 Å². The minimum atomic E-state index is -3.66. The standard InChI is InChI=1S/C12H18N4O3S/c13-12(17)16-7-5-10(6-8-16)15-9-1-3-11(4-2-9)20(14,18)19/h1-4,10,15H,5-8H2,(H2,13,17)(H2,14,18,19). The highest BCUT2D eigenvalue weighted by Crippen LogP contribution is 2.18. The van der Waals surface area contributed by atoms with E-state index >= 15 is 0 Å². The lowest BCUT2D eigenvalue weighted by Crippen LogP contribution is -2.44. The summed E-state index contributed by atoms with van der Waals surface area (Å²) in [5.41, 5.74) is 6.05.